The van der Waals surface area contributed by atoms with Crippen LogP contribution in [0.3, 0.4) is 0 Å². The van der Waals surface area contributed by atoms with E-state index in [0.717, 1.165) is 6.26 Å². The van der Waals surface area contributed by atoms with Crippen LogP contribution >= 0.6 is 0 Å². The van der Waals surface area contributed by atoms with E-state index < -0.39 is 9.84 Å². The van der Waals surface area contributed by atoms with E-state index in [4.69, 9.17) is 9.15 Å². The molecule has 1 heterocycles. The average Bonchev–Trinajstić information content (AvgIpc) is 2.33. The van der Waals surface area contributed by atoms with Crippen molar-refractivity contribution in [3.63, 3.8) is 0 Å². The molecule has 0 N–H and O–H groups in total. The first kappa shape index (κ1) is 10.2. The van der Waals surface area contributed by atoms with Gasteiger partial charge in [0.05, 0.1) is 11.4 Å². The normalized spacial score (nSPS) is 11.8. The van der Waals surface area contributed by atoms with Crippen molar-refractivity contribution in [2.45, 2.75) is 12.4 Å². The van der Waals surface area contributed by atoms with E-state index in [2.05, 4.69) is 4.98 Å². The van der Waals surface area contributed by atoms with Gasteiger partial charge in [-0.2, -0.15) is 0 Å². The molecule has 1 rings (SSSR count). The zero-order chi connectivity index (χ0) is 9.90. The summed E-state index contributed by atoms with van der Waals surface area (Å²) in [5.74, 6) is 0.293. The van der Waals surface area contributed by atoms with Crippen LogP contribution < -0.4 is 0 Å². The maximum Gasteiger partial charge on any atom is 0.220 e. The van der Waals surface area contributed by atoms with Gasteiger partial charge < -0.3 is 9.15 Å². The summed E-state index contributed by atoms with van der Waals surface area (Å²) < 4.78 is 31.4. The number of oxazole rings is 1. The molecule has 0 aliphatic rings. The van der Waals surface area contributed by atoms with Crippen molar-refractivity contribution in [2.75, 3.05) is 13.4 Å². The fourth-order valence-electron chi connectivity index (χ4n) is 0.874. The Hall–Kier alpha value is -0.880. The Bertz CT molecular complexity index is 368. The lowest BCUT2D eigenvalue weighted by molar-refractivity contribution is 0.159. The Kier molecular flexibility index (Phi) is 3.05. The third-order valence-corrected chi connectivity index (χ3v) is 2.10. The van der Waals surface area contributed by atoms with Crippen LogP contribution in [-0.2, 0) is 26.9 Å². The van der Waals surface area contributed by atoms with Crippen LogP contribution in [0.4, 0.5) is 0 Å². The predicted molar refractivity (Wildman–Crippen MR) is 45.8 cm³/mol. The van der Waals surface area contributed by atoms with Crippen LogP contribution in [0.5, 0.6) is 0 Å². The zero-order valence-corrected chi connectivity index (χ0v) is 8.30. The highest BCUT2D eigenvalue weighted by Crippen LogP contribution is 2.06. The number of hydrogen-bond acceptors (Lipinski definition) is 5. The lowest BCUT2D eigenvalue weighted by Crippen LogP contribution is -2.01. The van der Waals surface area contributed by atoms with E-state index >= 15 is 0 Å². The number of ether oxygens (including phenoxy) is 1. The van der Waals surface area contributed by atoms with Crippen LogP contribution in [-0.4, -0.2) is 26.8 Å². The fourth-order valence-corrected chi connectivity index (χ4v) is 1.54. The molecule has 0 radical (unpaired) electrons. The molecular weight excluding hydrogens is 194 g/mol. The van der Waals surface area contributed by atoms with Crippen LogP contribution in [0.25, 0.3) is 0 Å². The average molecular weight is 205 g/mol. The summed E-state index contributed by atoms with van der Waals surface area (Å²) in [7, 11) is -1.53. The molecule has 0 saturated carbocycles. The molecule has 6 heteroatoms. The van der Waals surface area contributed by atoms with Crippen LogP contribution in [0.2, 0.25) is 0 Å². The SMILES string of the molecule is COCc1nc(CS(C)(=O)=O)co1. The number of nitrogens with zero attached hydrogens (tertiary/aromatic N) is 1. The number of methoxy groups -OCH3 is 1. The Labute approximate surface area is 76.6 Å². The Morgan fingerprint density at radius 1 is 1.62 bits per heavy atom. The Morgan fingerprint density at radius 2 is 2.31 bits per heavy atom. The van der Waals surface area contributed by atoms with Crippen molar-refractivity contribution in [3.8, 4) is 0 Å². The maximum absolute atomic E-state index is 10.9. The number of hydrogen-bond donors (Lipinski definition) is 0. The summed E-state index contributed by atoms with van der Waals surface area (Å²) in [6.07, 6.45) is 2.48. The molecule has 0 spiro atoms. The first-order valence-corrected chi connectivity index (χ1v) is 5.67. The monoisotopic (exact) mass is 205 g/mol. The van der Waals surface area contributed by atoms with E-state index in [0.29, 0.717) is 11.6 Å². The molecule has 13 heavy (non-hydrogen) atoms. The molecule has 0 amide bonds. The molecule has 0 aliphatic heterocycles. The van der Waals surface area contributed by atoms with E-state index in [1.54, 1.807) is 0 Å². The van der Waals surface area contributed by atoms with Crippen molar-refractivity contribution < 1.29 is 17.6 Å². The van der Waals surface area contributed by atoms with Gasteiger partial charge in [0.2, 0.25) is 5.89 Å². The molecular formula is C7H11NO4S. The van der Waals surface area contributed by atoms with Gasteiger partial charge in [0.15, 0.2) is 9.84 Å². The van der Waals surface area contributed by atoms with Crippen molar-refractivity contribution in [1.82, 2.24) is 4.98 Å². The summed E-state index contributed by atoms with van der Waals surface area (Å²) >= 11 is 0. The van der Waals surface area contributed by atoms with E-state index in [1.165, 1.54) is 13.4 Å². The van der Waals surface area contributed by atoms with Crippen LogP contribution in [0.1, 0.15) is 11.6 Å². The minimum Gasteiger partial charge on any atom is -0.446 e. The summed E-state index contributed by atoms with van der Waals surface area (Å²) in [6, 6.07) is 0. The summed E-state index contributed by atoms with van der Waals surface area (Å²) in [5, 5.41) is 0. The highest BCUT2D eigenvalue weighted by Gasteiger charge is 2.09. The molecule has 0 atom stereocenters. The van der Waals surface area contributed by atoms with Gasteiger partial charge in [-0.1, -0.05) is 0 Å². The molecule has 1 aromatic rings. The first-order valence-electron chi connectivity index (χ1n) is 3.61. The summed E-state index contributed by atoms with van der Waals surface area (Å²) in [4.78, 5) is 3.91. The zero-order valence-electron chi connectivity index (χ0n) is 7.48. The third kappa shape index (κ3) is 3.56. The second-order valence-corrected chi connectivity index (χ2v) is 4.88. The quantitative estimate of drug-likeness (QED) is 0.710. The molecule has 0 bridgehead atoms. The van der Waals surface area contributed by atoms with Crippen LogP contribution in [0, 0.1) is 0 Å². The lowest BCUT2D eigenvalue weighted by atomic mass is 10.6. The molecule has 0 fully saturated rings. The summed E-state index contributed by atoms with van der Waals surface area (Å²) in [5.41, 5.74) is 0.412. The second kappa shape index (κ2) is 3.89. The van der Waals surface area contributed by atoms with Gasteiger partial charge in [-0.15, -0.1) is 0 Å². The number of rotatable bonds is 4. The van der Waals surface area contributed by atoms with Gasteiger partial charge in [0, 0.05) is 13.4 Å². The van der Waals surface area contributed by atoms with E-state index in [-0.39, 0.29) is 12.4 Å². The first-order chi connectivity index (χ1) is 6.01. The largest absolute Gasteiger partial charge is 0.446 e. The molecule has 0 unspecified atom stereocenters. The second-order valence-electron chi connectivity index (χ2n) is 2.74. The summed E-state index contributed by atoms with van der Waals surface area (Å²) in [6.45, 7) is 0.254. The van der Waals surface area contributed by atoms with E-state index in [9.17, 15) is 8.42 Å². The van der Waals surface area contributed by atoms with Gasteiger partial charge in [-0.3, -0.25) is 0 Å². The van der Waals surface area contributed by atoms with Crippen molar-refractivity contribution in [2.24, 2.45) is 0 Å². The van der Waals surface area contributed by atoms with Crippen molar-refractivity contribution in [3.05, 3.63) is 17.8 Å². The maximum atomic E-state index is 10.9. The lowest BCUT2D eigenvalue weighted by Gasteiger charge is -1.91. The number of sulfone groups is 1. The predicted octanol–water partition coefficient (Wildman–Crippen LogP) is 0.366. The molecule has 5 nitrogen and oxygen atoms in total. The molecule has 0 saturated heterocycles. The van der Waals surface area contributed by atoms with Crippen LogP contribution in [0.15, 0.2) is 10.7 Å². The van der Waals surface area contributed by atoms with Gasteiger partial charge in [0.25, 0.3) is 0 Å². The highest BCUT2D eigenvalue weighted by atomic mass is 32.2. The van der Waals surface area contributed by atoms with Crippen molar-refractivity contribution in [1.29, 1.82) is 0 Å². The topological polar surface area (TPSA) is 69.4 Å². The third-order valence-electron chi connectivity index (χ3n) is 1.28. The molecule has 1 aromatic heterocycles. The highest BCUT2D eigenvalue weighted by molar-refractivity contribution is 7.89. The smallest absolute Gasteiger partial charge is 0.220 e. The van der Waals surface area contributed by atoms with Gasteiger partial charge in [-0.25, -0.2) is 13.4 Å². The van der Waals surface area contributed by atoms with E-state index in [1.807, 2.05) is 0 Å². The van der Waals surface area contributed by atoms with Gasteiger partial charge in [-0.05, 0) is 0 Å². The molecule has 0 aliphatic carbocycles. The van der Waals surface area contributed by atoms with Gasteiger partial charge >= 0.3 is 0 Å². The Balaban J connectivity index is 2.69. The number of aromatic nitrogens is 1. The van der Waals surface area contributed by atoms with Gasteiger partial charge in [0.1, 0.15) is 12.9 Å². The Morgan fingerprint density at radius 3 is 2.85 bits per heavy atom. The standard InChI is InChI=1S/C7H11NO4S/c1-11-4-7-8-6(3-12-7)5-13(2,9)10/h3H,4-5H2,1-2H3. The molecule has 0 aromatic carbocycles. The fraction of sp³-hybridized carbons (Fsp3) is 0.571. The molecule has 74 valence electrons. The minimum atomic E-state index is -3.04. The van der Waals surface area contributed by atoms with Crippen molar-refractivity contribution >= 4 is 9.84 Å². The minimum absolute atomic E-state index is 0.0970.